The van der Waals surface area contributed by atoms with Crippen LogP contribution in [-0.2, 0) is 13.1 Å². The number of hydrogen-bond acceptors (Lipinski definition) is 5. The molecule has 0 spiro atoms. The summed E-state index contributed by atoms with van der Waals surface area (Å²) in [4.78, 5) is 6.16. The van der Waals surface area contributed by atoms with E-state index in [1.165, 1.54) is 0 Å². The van der Waals surface area contributed by atoms with Crippen molar-refractivity contribution in [1.29, 1.82) is 0 Å². The van der Waals surface area contributed by atoms with Crippen molar-refractivity contribution in [1.82, 2.24) is 9.88 Å². The Kier molecular flexibility index (Phi) is 6.18. The van der Waals surface area contributed by atoms with Crippen LogP contribution in [0.25, 0.3) is 0 Å². The summed E-state index contributed by atoms with van der Waals surface area (Å²) in [6.07, 6.45) is 3.54. The van der Waals surface area contributed by atoms with E-state index in [4.69, 9.17) is 4.74 Å². The van der Waals surface area contributed by atoms with Crippen molar-refractivity contribution < 1.29 is 14.9 Å². The van der Waals surface area contributed by atoms with Crippen LogP contribution in [0, 0.1) is 0 Å². The van der Waals surface area contributed by atoms with E-state index in [1.807, 2.05) is 31.2 Å². The number of aliphatic hydroxyl groups excluding tert-OH is 1. The smallest absolute Gasteiger partial charge is 0.162 e. The molecule has 0 aliphatic rings. The van der Waals surface area contributed by atoms with Gasteiger partial charge in [0.05, 0.1) is 13.2 Å². The monoisotopic (exact) mass is 302 g/mol. The predicted molar refractivity (Wildman–Crippen MR) is 84.7 cm³/mol. The first-order valence-corrected chi connectivity index (χ1v) is 7.40. The topological polar surface area (TPSA) is 65.8 Å². The maximum absolute atomic E-state index is 10.3. The fourth-order valence-electron chi connectivity index (χ4n) is 2.31. The number of phenolic OH excluding ortho intramolecular Hbond substituents is 1. The third-order valence-corrected chi connectivity index (χ3v) is 3.32. The van der Waals surface area contributed by atoms with Crippen LogP contribution in [0.1, 0.15) is 18.1 Å². The molecule has 1 aromatic heterocycles. The Morgan fingerprint density at radius 3 is 2.73 bits per heavy atom. The molecule has 2 N–H and O–H groups in total. The molecule has 0 aliphatic heterocycles. The minimum atomic E-state index is 0.0617. The summed E-state index contributed by atoms with van der Waals surface area (Å²) in [6, 6.07) is 9.36. The van der Waals surface area contributed by atoms with Gasteiger partial charge in [0.15, 0.2) is 11.5 Å². The van der Waals surface area contributed by atoms with Crippen molar-refractivity contribution in [2.45, 2.75) is 20.0 Å². The first kappa shape index (κ1) is 16.3. The molecule has 1 heterocycles. The third-order valence-electron chi connectivity index (χ3n) is 3.32. The van der Waals surface area contributed by atoms with Crippen molar-refractivity contribution in [3.63, 3.8) is 0 Å². The summed E-state index contributed by atoms with van der Waals surface area (Å²) in [6.45, 7) is 4.16. The molecule has 0 bridgehead atoms. The Bertz CT molecular complexity index is 575. The van der Waals surface area contributed by atoms with Gasteiger partial charge in [-0.3, -0.25) is 9.88 Å². The Morgan fingerprint density at radius 2 is 2.05 bits per heavy atom. The lowest BCUT2D eigenvalue weighted by atomic mass is 10.1. The molecule has 0 unspecified atom stereocenters. The largest absolute Gasteiger partial charge is 0.504 e. The zero-order valence-electron chi connectivity index (χ0n) is 12.8. The van der Waals surface area contributed by atoms with Gasteiger partial charge in [-0.15, -0.1) is 0 Å². The molecule has 0 amide bonds. The average molecular weight is 302 g/mol. The molecular weight excluding hydrogens is 280 g/mol. The maximum Gasteiger partial charge on any atom is 0.162 e. The van der Waals surface area contributed by atoms with Gasteiger partial charge in [-0.1, -0.05) is 18.2 Å². The van der Waals surface area contributed by atoms with Crippen LogP contribution in [0.4, 0.5) is 0 Å². The van der Waals surface area contributed by atoms with Gasteiger partial charge in [0.1, 0.15) is 0 Å². The lowest BCUT2D eigenvalue weighted by Gasteiger charge is -2.22. The second kappa shape index (κ2) is 8.36. The van der Waals surface area contributed by atoms with E-state index in [0.29, 0.717) is 32.0 Å². The molecule has 0 saturated carbocycles. The van der Waals surface area contributed by atoms with E-state index in [9.17, 15) is 10.2 Å². The first-order chi connectivity index (χ1) is 10.7. The molecule has 0 saturated heterocycles. The van der Waals surface area contributed by atoms with Gasteiger partial charge < -0.3 is 14.9 Å². The number of benzene rings is 1. The second-order valence-corrected chi connectivity index (χ2v) is 4.99. The molecule has 118 valence electrons. The third kappa shape index (κ3) is 4.44. The fraction of sp³-hybridized carbons (Fsp3) is 0.353. The molecule has 22 heavy (non-hydrogen) atoms. The highest BCUT2D eigenvalue weighted by molar-refractivity contribution is 5.45. The number of aromatic nitrogens is 1. The van der Waals surface area contributed by atoms with E-state index in [2.05, 4.69) is 9.88 Å². The molecule has 0 aliphatic carbocycles. The van der Waals surface area contributed by atoms with Crippen molar-refractivity contribution in [3.8, 4) is 11.5 Å². The van der Waals surface area contributed by atoms with Crippen LogP contribution in [0.2, 0.25) is 0 Å². The number of para-hydroxylation sites is 1. The zero-order chi connectivity index (χ0) is 15.8. The molecule has 0 radical (unpaired) electrons. The Balaban J connectivity index is 2.12. The quantitative estimate of drug-likeness (QED) is 0.782. The minimum Gasteiger partial charge on any atom is -0.504 e. The first-order valence-electron chi connectivity index (χ1n) is 7.40. The van der Waals surface area contributed by atoms with Gasteiger partial charge in [-0.05, 0) is 24.6 Å². The van der Waals surface area contributed by atoms with Gasteiger partial charge >= 0.3 is 0 Å². The number of aromatic hydroxyl groups is 1. The van der Waals surface area contributed by atoms with E-state index in [-0.39, 0.29) is 12.4 Å². The predicted octanol–water partition coefficient (Wildman–Crippen LogP) is 2.18. The highest BCUT2D eigenvalue weighted by Gasteiger charge is 2.12. The van der Waals surface area contributed by atoms with E-state index < -0.39 is 0 Å². The lowest BCUT2D eigenvalue weighted by Crippen LogP contribution is -2.26. The number of pyridine rings is 1. The van der Waals surface area contributed by atoms with E-state index in [0.717, 1.165) is 11.1 Å². The lowest BCUT2D eigenvalue weighted by molar-refractivity contribution is 0.182. The summed E-state index contributed by atoms with van der Waals surface area (Å²) in [5, 5.41) is 19.5. The molecule has 2 aromatic rings. The van der Waals surface area contributed by atoms with Gasteiger partial charge in [-0.25, -0.2) is 0 Å². The number of ether oxygens (including phenoxy) is 1. The van der Waals surface area contributed by atoms with Crippen molar-refractivity contribution in [3.05, 3.63) is 53.9 Å². The van der Waals surface area contributed by atoms with Crippen molar-refractivity contribution in [2.24, 2.45) is 0 Å². The van der Waals surface area contributed by atoms with Crippen LogP contribution < -0.4 is 4.74 Å². The van der Waals surface area contributed by atoms with Crippen LogP contribution in [0.3, 0.4) is 0 Å². The Labute approximate surface area is 130 Å². The number of aliphatic hydroxyl groups is 1. The van der Waals surface area contributed by atoms with E-state index in [1.54, 1.807) is 18.5 Å². The van der Waals surface area contributed by atoms with Gasteiger partial charge in [0.2, 0.25) is 0 Å². The highest BCUT2D eigenvalue weighted by atomic mass is 16.5. The number of phenols is 1. The standard InChI is InChI=1S/C17H22N2O3/c1-2-22-16-7-3-6-15(17(16)21)13-19(9-10-20)12-14-5-4-8-18-11-14/h3-8,11,20-21H,2,9-10,12-13H2,1H3. The molecular formula is C17H22N2O3. The van der Waals surface area contributed by atoms with Crippen LogP contribution in [-0.4, -0.2) is 39.9 Å². The molecule has 0 fully saturated rings. The highest BCUT2D eigenvalue weighted by Crippen LogP contribution is 2.30. The summed E-state index contributed by atoms with van der Waals surface area (Å²) >= 11 is 0. The molecule has 1 aromatic carbocycles. The molecule has 5 nitrogen and oxygen atoms in total. The summed E-state index contributed by atoms with van der Waals surface area (Å²) in [5.41, 5.74) is 1.85. The Morgan fingerprint density at radius 1 is 1.18 bits per heavy atom. The zero-order valence-corrected chi connectivity index (χ0v) is 12.8. The van der Waals surface area contributed by atoms with Crippen LogP contribution in [0.15, 0.2) is 42.7 Å². The number of hydrogen-bond donors (Lipinski definition) is 2. The van der Waals surface area contributed by atoms with Crippen LogP contribution >= 0.6 is 0 Å². The normalized spacial score (nSPS) is 10.9. The summed E-state index contributed by atoms with van der Waals surface area (Å²) in [5.74, 6) is 0.656. The number of nitrogens with zero attached hydrogens (tertiary/aromatic N) is 2. The second-order valence-electron chi connectivity index (χ2n) is 4.99. The molecule has 5 heteroatoms. The maximum atomic E-state index is 10.3. The number of rotatable bonds is 8. The van der Waals surface area contributed by atoms with E-state index >= 15 is 0 Å². The molecule has 0 atom stereocenters. The van der Waals surface area contributed by atoms with Crippen molar-refractivity contribution in [2.75, 3.05) is 19.8 Å². The SMILES string of the molecule is CCOc1cccc(CN(CCO)Cc2cccnc2)c1O. The summed E-state index contributed by atoms with van der Waals surface area (Å²) < 4.78 is 5.41. The van der Waals surface area contributed by atoms with Gasteiger partial charge in [0.25, 0.3) is 0 Å². The fourth-order valence-corrected chi connectivity index (χ4v) is 2.31. The van der Waals surface area contributed by atoms with Crippen LogP contribution in [0.5, 0.6) is 11.5 Å². The minimum absolute atomic E-state index is 0.0617. The summed E-state index contributed by atoms with van der Waals surface area (Å²) in [7, 11) is 0. The Hall–Kier alpha value is -2.11. The average Bonchev–Trinajstić information content (AvgIpc) is 2.53. The van der Waals surface area contributed by atoms with Gasteiger partial charge in [0, 0.05) is 37.6 Å². The van der Waals surface area contributed by atoms with Crippen molar-refractivity contribution >= 4 is 0 Å². The van der Waals surface area contributed by atoms with Gasteiger partial charge in [-0.2, -0.15) is 0 Å². The molecule has 2 rings (SSSR count).